The molecule has 14 heavy (non-hydrogen) atoms. The van der Waals surface area contributed by atoms with Gasteiger partial charge in [0.05, 0.1) is 11.1 Å². The van der Waals surface area contributed by atoms with E-state index in [0.29, 0.717) is 16.5 Å². The minimum absolute atomic E-state index is 0.251. The fourth-order valence-electron chi connectivity index (χ4n) is 1.70. The first-order valence-corrected chi connectivity index (χ1v) is 5.54. The largest absolute Gasteiger partial charge is 0.369 e. The molecular formula is C10H9F2NS. The number of anilines is 1. The molecule has 4 heteroatoms. The van der Waals surface area contributed by atoms with E-state index in [1.165, 1.54) is 18.9 Å². The molecule has 2 aliphatic rings. The quantitative estimate of drug-likeness (QED) is 0.768. The topological polar surface area (TPSA) is 12.0 Å². The van der Waals surface area contributed by atoms with Crippen molar-refractivity contribution in [3.8, 4) is 0 Å². The summed E-state index contributed by atoms with van der Waals surface area (Å²) in [7, 11) is 0. The fourth-order valence-corrected chi connectivity index (χ4v) is 3.07. The molecule has 1 aromatic rings. The third-order valence-corrected chi connectivity index (χ3v) is 3.94. The molecule has 1 saturated carbocycles. The van der Waals surface area contributed by atoms with Crippen molar-refractivity contribution < 1.29 is 8.78 Å². The molecule has 0 amide bonds. The molecular weight excluding hydrogens is 204 g/mol. The van der Waals surface area contributed by atoms with Crippen LogP contribution in [0.15, 0.2) is 17.0 Å². The first-order valence-electron chi connectivity index (χ1n) is 4.66. The Morgan fingerprint density at radius 2 is 2.07 bits per heavy atom. The zero-order valence-electron chi connectivity index (χ0n) is 7.39. The van der Waals surface area contributed by atoms with Gasteiger partial charge in [0.25, 0.3) is 0 Å². The van der Waals surface area contributed by atoms with E-state index in [2.05, 4.69) is 5.32 Å². The smallest absolute Gasteiger partial charge is 0.150 e. The van der Waals surface area contributed by atoms with Crippen molar-refractivity contribution in [2.24, 2.45) is 5.92 Å². The molecule has 1 N–H and O–H groups in total. The Bertz CT molecular complexity index is 390. The monoisotopic (exact) mass is 213 g/mol. The number of hydrogen-bond donors (Lipinski definition) is 1. The van der Waals surface area contributed by atoms with Gasteiger partial charge in [-0.15, -0.1) is 0 Å². The highest BCUT2D eigenvalue weighted by Crippen LogP contribution is 2.49. The summed E-state index contributed by atoms with van der Waals surface area (Å²) in [6, 6.07) is 2.33. The summed E-state index contributed by atoms with van der Waals surface area (Å²) in [5.74, 6) is -0.336. The molecule has 1 atom stereocenters. The Labute approximate surface area is 84.9 Å². The maximum atomic E-state index is 13.3. The van der Waals surface area contributed by atoms with Gasteiger partial charge in [-0.3, -0.25) is 0 Å². The summed E-state index contributed by atoms with van der Waals surface area (Å²) in [6.07, 6.45) is 2.39. The lowest BCUT2D eigenvalue weighted by atomic mass is 10.3. The summed E-state index contributed by atoms with van der Waals surface area (Å²) in [5, 5.41) is 3.36. The SMILES string of the molecule is Fc1cc(F)c2c(c1)SC(C1CC1)N2. The summed E-state index contributed by atoms with van der Waals surface area (Å²) >= 11 is 1.54. The Morgan fingerprint density at radius 3 is 2.79 bits per heavy atom. The molecule has 0 spiro atoms. The standard InChI is InChI=1S/C10H9F2NS/c11-6-3-7(12)9-8(4-6)14-10(13-9)5-1-2-5/h3-5,10,13H,1-2H2. The van der Waals surface area contributed by atoms with E-state index in [4.69, 9.17) is 0 Å². The van der Waals surface area contributed by atoms with Gasteiger partial charge >= 0.3 is 0 Å². The van der Waals surface area contributed by atoms with Crippen LogP contribution in [0.1, 0.15) is 12.8 Å². The number of halogens is 2. The first kappa shape index (κ1) is 8.53. The molecule has 74 valence electrons. The lowest BCUT2D eigenvalue weighted by molar-refractivity contribution is 0.580. The number of rotatable bonds is 1. The van der Waals surface area contributed by atoms with Crippen LogP contribution in [0.4, 0.5) is 14.5 Å². The van der Waals surface area contributed by atoms with Crippen LogP contribution < -0.4 is 5.32 Å². The van der Waals surface area contributed by atoms with E-state index in [-0.39, 0.29) is 5.37 Å². The molecule has 3 rings (SSSR count). The first-order chi connectivity index (χ1) is 6.74. The van der Waals surface area contributed by atoms with E-state index < -0.39 is 11.6 Å². The van der Waals surface area contributed by atoms with Gasteiger partial charge in [0.15, 0.2) is 0 Å². The molecule has 1 aromatic carbocycles. The van der Waals surface area contributed by atoms with Crippen molar-refractivity contribution in [1.82, 2.24) is 0 Å². The number of thioether (sulfide) groups is 1. The highest BCUT2D eigenvalue weighted by Gasteiger charge is 2.37. The van der Waals surface area contributed by atoms with Gasteiger partial charge in [0.2, 0.25) is 0 Å². The van der Waals surface area contributed by atoms with Crippen LogP contribution in [0, 0.1) is 17.6 Å². The molecule has 1 nitrogen and oxygen atoms in total. The third-order valence-electron chi connectivity index (χ3n) is 2.61. The van der Waals surface area contributed by atoms with Crippen LogP contribution in [0.3, 0.4) is 0 Å². The second-order valence-electron chi connectivity index (χ2n) is 3.78. The van der Waals surface area contributed by atoms with E-state index in [1.807, 2.05) is 0 Å². The van der Waals surface area contributed by atoms with Gasteiger partial charge in [-0.2, -0.15) is 0 Å². The molecule has 0 aromatic heterocycles. The minimum Gasteiger partial charge on any atom is -0.369 e. The predicted octanol–water partition coefficient (Wildman–Crippen LogP) is 3.22. The normalized spacial score (nSPS) is 24.6. The second-order valence-corrected chi connectivity index (χ2v) is 4.96. The summed E-state index contributed by atoms with van der Waals surface area (Å²) < 4.78 is 26.2. The molecule has 1 aliphatic carbocycles. The van der Waals surface area contributed by atoms with Crippen LogP contribution in [-0.2, 0) is 0 Å². The Morgan fingerprint density at radius 1 is 1.29 bits per heavy atom. The van der Waals surface area contributed by atoms with Crippen LogP contribution in [0.25, 0.3) is 0 Å². The van der Waals surface area contributed by atoms with Gasteiger partial charge in [0.1, 0.15) is 11.6 Å². The van der Waals surface area contributed by atoms with Gasteiger partial charge in [-0.1, -0.05) is 11.8 Å². The average Bonchev–Trinajstić information content (AvgIpc) is 2.87. The molecule has 1 fully saturated rings. The Balaban J connectivity index is 1.96. The number of nitrogens with one attached hydrogen (secondary N) is 1. The maximum absolute atomic E-state index is 13.3. The van der Waals surface area contributed by atoms with Crippen molar-refractivity contribution in [1.29, 1.82) is 0 Å². The van der Waals surface area contributed by atoms with Gasteiger partial charge < -0.3 is 5.32 Å². The minimum atomic E-state index is -0.494. The van der Waals surface area contributed by atoms with E-state index in [0.717, 1.165) is 6.07 Å². The van der Waals surface area contributed by atoms with Gasteiger partial charge in [0, 0.05) is 11.0 Å². The summed E-state index contributed by atoms with van der Waals surface area (Å²) in [5.41, 5.74) is 0.480. The van der Waals surface area contributed by atoms with E-state index in [1.54, 1.807) is 11.8 Å². The summed E-state index contributed by atoms with van der Waals surface area (Å²) in [6.45, 7) is 0. The third kappa shape index (κ3) is 1.29. The summed E-state index contributed by atoms with van der Waals surface area (Å²) in [4.78, 5) is 0.708. The highest BCUT2D eigenvalue weighted by atomic mass is 32.2. The second kappa shape index (κ2) is 2.86. The van der Waals surface area contributed by atoms with Crippen LogP contribution in [0.5, 0.6) is 0 Å². The maximum Gasteiger partial charge on any atom is 0.150 e. The zero-order chi connectivity index (χ0) is 9.71. The van der Waals surface area contributed by atoms with Crippen molar-refractivity contribution in [2.45, 2.75) is 23.1 Å². The van der Waals surface area contributed by atoms with Crippen molar-refractivity contribution >= 4 is 17.4 Å². The van der Waals surface area contributed by atoms with Crippen LogP contribution >= 0.6 is 11.8 Å². The molecule has 1 heterocycles. The zero-order valence-corrected chi connectivity index (χ0v) is 8.20. The van der Waals surface area contributed by atoms with Crippen LogP contribution in [0.2, 0.25) is 0 Å². The Kier molecular flexibility index (Phi) is 1.74. The highest BCUT2D eigenvalue weighted by molar-refractivity contribution is 8.00. The average molecular weight is 213 g/mol. The molecule has 0 saturated heterocycles. The fraction of sp³-hybridized carbons (Fsp3) is 0.400. The van der Waals surface area contributed by atoms with Gasteiger partial charge in [-0.25, -0.2) is 8.78 Å². The van der Waals surface area contributed by atoms with E-state index >= 15 is 0 Å². The van der Waals surface area contributed by atoms with Crippen molar-refractivity contribution in [2.75, 3.05) is 5.32 Å². The molecule has 0 radical (unpaired) electrons. The lowest BCUT2D eigenvalue weighted by Crippen LogP contribution is -2.12. The number of benzene rings is 1. The lowest BCUT2D eigenvalue weighted by Gasteiger charge is -2.07. The molecule has 0 bridgehead atoms. The van der Waals surface area contributed by atoms with Crippen molar-refractivity contribution in [3.63, 3.8) is 0 Å². The van der Waals surface area contributed by atoms with Crippen molar-refractivity contribution in [3.05, 3.63) is 23.8 Å². The van der Waals surface area contributed by atoms with Crippen LogP contribution in [-0.4, -0.2) is 5.37 Å². The molecule has 1 unspecified atom stereocenters. The number of hydrogen-bond acceptors (Lipinski definition) is 2. The molecule has 1 aliphatic heterocycles. The van der Waals surface area contributed by atoms with Gasteiger partial charge in [-0.05, 0) is 24.8 Å². The van der Waals surface area contributed by atoms with E-state index in [9.17, 15) is 8.78 Å². The Hall–Kier alpha value is -0.770. The predicted molar refractivity (Wildman–Crippen MR) is 52.3 cm³/mol. The number of fused-ring (bicyclic) bond motifs is 1.